The highest BCUT2D eigenvalue weighted by molar-refractivity contribution is 7.09. The van der Waals surface area contributed by atoms with E-state index < -0.39 is 6.04 Å². The van der Waals surface area contributed by atoms with Gasteiger partial charge in [-0.2, -0.15) is 0 Å². The number of likely N-dealkylation sites (tertiary alicyclic amines) is 1. The second-order valence-electron chi connectivity index (χ2n) is 7.53. The molecule has 0 aliphatic carbocycles. The number of benzene rings is 1. The fraction of sp³-hybridized carbons (Fsp3) is 0.476. The number of piperidine rings is 1. The molecular formula is C21H28N4O2S. The van der Waals surface area contributed by atoms with E-state index in [-0.39, 0.29) is 23.8 Å². The Bertz CT molecular complexity index is 764. The lowest BCUT2D eigenvalue weighted by molar-refractivity contribution is -0.135. The second-order valence-corrected chi connectivity index (χ2v) is 8.45. The van der Waals surface area contributed by atoms with Gasteiger partial charge in [-0.1, -0.05) is 44.2 Å². The van der Waals surface area contributed by atoms with Gasteiger partial charge in [0.2, 0.25) is 5.91 Å². The average Bonchev–Trinajstić information content (AvgIpc) is 3.25. The number of nitrogens with one attached hydrogen (secondary N) is 2. The molecule has 2 heterocycles. The Morgan fingerprint density at radius 3 is 2.75 bits per heavy atom. The summed E-state index contributed by atoms with van der Waals surface area (Å²) >= 11 is 1.64. The quantitative estimate of drug-likeness (QED) is 0.781. The summed E-state index contributed by atoms with van der Waals surface area (Å²) in [4.78, 5) is 31.8. The highest BCUT2D eigenvalue weighted by Gasteiger charge is 2.32. The highest BCUT2D eigenvalue weighted by atomic mass is 32.1. The maximum Gasteiger partial charge on any atom is 0.315 e. The standard InChI is InChI=1S/C21H28N4O2S/c1-15(2)18(24-21(27)23-13-16-7-4-3-5-8-16)20(26)25-11-6-9-17(14-25)19-22-10-12-28-19/h3-5,7-8,10,12,15,17-18H,6,9,11,13-14H2,1-2H3,(H2,23,24,27). The number of amides is 3. The monoisotopic (exact) mass is 400 g/mol. The van der Waals surface area contributed by atoms with Crippen LogP contribution in [0.4, 0.5) is 4.79 Å². The Labute approximate surface area is 170 Å². The summed E-state index contributed by atoms with van der Waals surface area (Å²) in [6, 6.07) is 8.87. The lowest BCUT2D eigenvalue weighted by atomic mass is 9.96. The molecule has 1 aromatic heterocycles. The van der Waals surface area contributed by atoms with E-state index >= 15 is 0 Å². The molecule has 150 valence electrons. The van der Waals surface area contributed by atoms with Gasteiger partial charge in [0.15, 0.2) is 0 Å². The first-order valence-electron chi connectivity index (χ1n) is 9.81. The Balaban J connectivity index is 1.57. The Hall–Kier alpha value is -2.41. The van der Waals surface area contributed by atoms with Crippen molar-refractivity contribution < 1.29 is 9.59 Å². The highest BCUT2D eigenvalue weighted by Crippen LogP contribution is 2.28. The summed E-state index contributed by atoms with van der Waals surface area (Å²) < 4.78 is 0. The zero-order chi connectivity index (χ0) is 19.9. The molecule has 2 N–H and O–H groups in total. The molecule has 1 saturated heterocycles. The van der Waals surface area contributed by atoms with Gasteiger partial charge in [-0.15, -0.1) is 11.3 Å². The van der Waals surface area contributed by atoms with Gasteiger partial charge < -0.3 is 15.5 Å². The van der Waals surface area contributed by atoms with Crippen LogP contribution in [0.15, 0.2) is 41.9 Å². The molecule has 0 radical (unpaired) electrons. The zero-order valence-electron chi connectivity index (χ0n) is 16.4. The molecule has 1 aliphatic heterocycles. The first-order valence-corrected chi connectivity index (χ1v) is 10.7. The van der Waals surface area contributed by atoms with Gasteiger partial charge in [0.05, 0.1) is 5.01 Å². The number of rotatable bonds is 6. The third-order valence-electron chi connectivity index (χ3n) is 5.05. The molecule has 28 heavy (non-hydrogen) atoms. The van der Waals surface area contributed by atoms with Crippen LogP contribution in [0.5, 0.6) is 0 Å². The lowest BCUT2D eigenvalue weighted by Gasteiger charge is -2.35. The van der Waals surface area contributed by atoms with Crippen molar-refractivity contribution in [1.29, 1.82) is 0 Å². The van der Waals surface area contributed by atoms with Gasteiger partial charge in [-0.3, -0.25) is 4.79 Å². The van der Waals surface area contributed by atoms with Crippen molar-refractivity contribution in [3.05, 3.63) is 52.5 Å². The molecule has 0 spiro atoms. The van der Waals surface area contributed by atoms with E-state index in [2.05, 4.69) is 15.6 Å². The maximum atomic E-state index is 13.1. The largest absolute Gasteiger partial charge is 0.340 e. The van der Waals surface area contributed by atoms with Crippen molar-refractivity contribution >= 4 is 23.3 Å². The topological polar surface area (TPSA) is 74.3 Å². The molecule has 1 aromatic carbocycles. The van der Waals surface area contributed by atoms with Crippen LogP contribution in [0.2, 0.25) is 0 Å². The van der Waals surface area contributed by atoms with Gasteiger partial charge in [-0.05, 0) is 24.3 Å². The van der Waals surface area contributed by atoms with Crippen molar-refractivity contribution in [2.75, 3.05) is 13.1 Å². The minimum Gasteiger partial charge on any atom is -0.340 e. The van der Waals surface area contributed by atoms with E-state index in [1.165, 1.54) is 0 Å². The van der Waals surface area contributed by atoms with Crippen molar-refractivity contribution in [2.24, 2.45) is 5.92 Å². The van der Waals surface area contributed by atoms with Crippen LogP contribution >= 0.6 is 11.3 Å². The zero-order valence-corrected chi connectivity index (χ0v) is 17.2. The number of thiazole rings is 1. The predicted octanol–water partition coefficient (Wildman–Crippen LogP) is 3.37. The number of hydrogen-bond acceptors (Lipinski definition) is 4. The van der Waals surface area contributed by atoms with Crippen LogP contribution in [-0.2, 0) is 11.3 Å². The minimum atomic E-state index is -0.536. The van der Waals surface area contributed by atoms with Crippen LogP contribution in [0, 0.1) is 5.92 Å². The number of hydrogen-bond donors (Lipinski definition) is 2. The normalized spacial score (nSPS) is 18.0. The Morgan fingerprint density at radius 2 is 2.07 bits per heavy atom. The lowest BCUT2D eigenvalue weighted by Crippen LogP contribution is -2.55. The van der Waals surface area contributed by atoms with E-state index in [4.69, 9.17) is 0 Å². The first kappa shape index (κ1) is 20.3. The van der Waals surface area contributed by atoms with Gasteiger partial charge in [0.25, 0.3) is 0 Å². The molecule has 7 heteroatoms. The van der Waals surface area contributed by atoms with Crippen LogP contribution in [0.25, 0.3) is 0 Å². The third-order valence-corrected chi connectivity index (χ3v) is 5.99. The minimum absolute atomic E-state index is 0.00822. The van der Waals surface area contributed by atoms with Gasteiger partial charge in [0.1, 0.15) is 6.04 Å². The van der Waals surface area contributed by atoms with Crippen LogP contribution in [0.3, 0.4) is 0 Å². The van der Waals surface area contributed by atoms with Crippen molar-refractivity contribution in [1.82, 2.24) is 20.5 Å². The van der Waals surface area contributed by atoms with E-state index in [1.807, 2.05) is 60.7 Å². The molecule has 0 saturated carbocycles. The Morgan fingerprint density at radius 1 is 1.29 bits per heavy atom. The van der Waals surface area contributed by atoms with Crippen molar-refractivity contribution in [3.8, 4) is 0 Å². The van der Waals surface area contributed by atoms with Gasteiger partial charge in [0, 0.05) is 37.1 Å². The molecule has 2 aromatic rings. The predicted molar refractivity (Wildman–Crippen MR) is 111 cm³/mol. The van der Waals surface area contributed by atoms with Crippen LogP contribution in [0.1, 0.15) is 43.2 Å². The fourth-order valence-electron chi connectivity index (χ4n) is 3.50. The molecule has 6 nitrogen and oxygen atoms in total. The van der Waals surface area contributed by atoms with E-state index in [1.54, 1.807) is 11.3 Å². The number of nitrogens with zero attached hydrogens (tertiary/aromatic N) is 2. The fourth-order valence-corrected chi connectivity index (χ4v) is 4.26. The number of carbonyl (C=O) groups excluding carboxylic acids is 2. The molecule has 1 aliphatic rings. The molecular weight excluding hydrogens is 372 g/mol. The number of aromatic nitrogens is 1. The summed E-state index contributed by atoms with van der Waals surface area (Å²) in [5.41, 5.74) is 1.02. The van der Waals surface area contributed by atoms with E-state index in [0.717, 1.165) is 30.0 Å². The molecule has 3 rings (SSSR count). The Kier molecular flexibility index (Phi) is 7.03. The van der Waals surface area contributed by atoms with E-state index in [0.29, 0.717) is 13.1 Å². The van der Waals surface area contributed by atoms with Crippen molar-refractivity contribution in [2.45, 2.75) is 45.2 Å². The summed E-state index contributed by atoms with van der Waals surface area (Å²) in [6.07, 6.45) is 3.83. The van der Waals surface area contributed by atoms with Crippen molar-refractivity contribution in [3.63, 3.8) is 0 Å². The van der Waals surface area contributed by atoms with Crippen LogP contribution in [-0.4, -0.2) is 41.0 Å². The number of carbonyl (C=O) groups is 2. The van der Waals surface area contributed by atoms with Crippen LogP contribution < -0.4 is 10.6 Å². The summed E-state index contributed by atoms with van der Waals surface area (Å²) in [6.45, 7) is 5.76. The summed E-state index contributed by atoms with van der Waals surface area (Å²) in [7, 11) is 0. The van der Waals surface area contributed by atoms with Gasteiger partial charge in [-0.25, -0.2) is 9.78 Å². The number of urea groups is 1. The maximum absolute atomic E-state index is 13.1. The van der Waals surface area contributed by atoms with Gasteiger partial charge >= 0.3 is 6.03 Å². The van der Waals surface area contributed by atoms with E-state index in [9.17, 15) is 9.59 Å². The summed E-state index contributed by atoms with van der Waals surface area (Å²) in [5, 5.41) is 8.79. The molecule has 2 atom stereocenters. The molecule has 0 bridgehead atoms. The first-order chi connectivity index (χ1) is 13.5. The second kappa shape index (κ2) is 9.68. The molecule has 2 unspecified atom stereocenters. The molecule has 3 amide bonds. The average molecular weight is 401 g/mol. The third kappa shape index (κ3) is 5.32. The SMILES string of the molecule is CC(C)C(NC(=O)NCc1ccccc1)C(=O)N1CCCC(c2nccs2)C1. The summed E-state index contributed by atoms with van der Waals surface area (Å²) in [5.74, 6) is 0.291. The molecule has 1 fully saturated rings. The smallest absolute Gasteiger partial charge is 0.315 e.